The summed E-state index contributed by atoms with van der Waals surface area (Å²) < 4.78 is 27.6. The summed E-state index contributed by atoms with van der Waals surface area (Å²) in [6, 6.07) is 13.1. The molecule has 1 aliphatic heterocycles. The Balaban J connectivity index is 1.88. The summed E-state index contributed by atoms with van der Waals surface area (Å²) in [6.07, 6.45) is 0.851. The standard InChI is InChI=1S/C24H34N4O3S/c1-5-26(6-2)23-14-13-20(32(30,31)27(7-3)8-4)17-21(23)25-18-24(29)28-16-15-19-11-9-10-12-22(19)28/h9-14,17,25H,5-8,15-16,18H2,1-4H3. The number of carbonyl (C=O) groups is 1. The molecular formula is C24H34N4O3S. The zero-order valence-electron chi connectivity index (χ0n) is 19.5. The maximum Gasteiger partial charge on any atom is 0.246 e. The van der Waals surface area contributed by atoms with Crippen LogP contribution in [0.1, 0.15) is 33.3 Å². The predicted octanol–water partition coefficient (Wildman–Crippen LogP) is 3.56. The third-order valence-corrected chi connectivity index (χ3v) is 8.08. The smallest absolute Gasteiger partial charge is 0.246 e. The van der Waals surface area contributed by atoms with Gasteiger partial charge in [-0.2, -0.15) is 4.31 Å². The molecule has 0 saturated heterocycles. The second-order valence-corrected chi connectivity index (χ2v) is 9.66. The first-order chi connectivity index (χ1) is 15.4. The SMILES string of the molecule is CCN(CC)c1ccc(S(=O)(=O)N(CC)CC)cc1NCC(=O)N1CCc2ccccc21. The number of benzene rings is 2. The summed E-state index contributed by atoms with van der Waals surface area (Å²) in [4.78, 5) is 17.2. The number of sulfonamides is 1. The molecule has 2 aromatic rings. The average Bonchev–Trinajstić information content (AvgIpc) is 3.23. The van der Waals surface area contributed by atoms with E-state index in [0.29, 0.717) is 25.3 Å². The zero-order chi connectivity index (χ0) is 23.3. The van der Waals surface area contributed by atoms with Gasteiger partial charge in [0.2, 0.25) is 15.9 Å². The molecule has 0 unspecified atom stereocenters. The van der Waals surface area contributed by atoms with Gasteiger partial charge in [0.15, 0.2) is 0 Å². The van der Waals surface area contributed by atoms with Gasteiger partial charge in [-0.3, -0.25) is 4.79 Å². The van der Waals surface area contributed by atoms with Gasteiger partial charge in [0.25, 0.3) is 0 Å². The van der Waals surface area contributed by atoms with E-state index in [1.165, 1.54) is 9.87 Å². The normalized spacial score (nSPS) is 13.3. The second-order valence-electron chi connectivity index (χ2n) is 7.72. The van der Waals surface area contributed by atoms with E-state index < -0.39 is 10.0 Å². The lowest BCUT2D eigenvalue weighted by Crippen LogP contribution is -2.34. The van der Waals surface area contributed by atoms with Crippen molar-refractivity contribution >= 4 is 33.0 Å². The fourth-order valence-corrected chi connectivity index (χ4v) is 5.72. The molecule has 174 valence electrons. The molecule has 1 N–H and O–H groups in total. The quantitative estimate of drug-likeness (QED) is 0.589. The van der Waals surface area contributed by atoms with Crippen molar-refractivity contribution in [2.75, 3.05) is 54.4 Å². The van der Waals surface area contributed by atoms with Gasteiger partial charge in [0, 0.05) is 38.4 Å². The minimum atomic E-state index is -3.59. The Kier molecular flexibility index (Phi) is 7.79. The topological polar surface area (TPSA) is 73.0 Å². The number of fused-ring (bicyclic) bond motifs is 1. The largest absolute Gasteiger partial charge is 0.374 e. The molecule has 0 spiro atoms. The molecule has 1 amide bonds. The molecule has 0 fully saturated rings. The van der Waals surface area contributed by atoms with Crippen LogP contribution in [0.3, 0.4) is 0 Å². The van der Waals surface area contributed by atoms with Crippen LogP contribution in [0.15, 0.2) is 47.4 Å². The lowest BCUT2D eigenvalue weighted by Gasteiger charge is -2.26. The number of hydrogen-bond acceptors (Lipinski definition) is 5. The summed E-state index contributed by atoms with van der Waals surface area (Å²) in [5.74, 6) is -0.0301. The van der Waals surface area contributed by atoms with Crippen molar-refractivity contribution in [2.24, 2.45) is 0 Å². The van der Waals surface area contributed by atoms with E-state index >= 15 is 0 Å². The highest BCUT2D eigenvalue weighted by Crippen LogP contribution is 2.31. The van der Waals surface area contributed by atoms with Crippen molar-refractivity contribution in [1.82, 2.24) is 4.31 Å². The monoisotopic (exact) mass is 458 g/mol. The molecule has 0 saturated carbocycles. The molecule has 7 nitrogen and oxygen atoms in total. The van der Waals surface area contributed by atoms with Crippen LogP contribution in [0.5, 0.6) is 0 Å². The van der Waals surface area contributed by atoms with Crippen LogP contribution in [0.4, 0.5) is 17.1 Å². The van der Waals surface area contributed by atoms with Crippen molar-refractivity contribution in [3.05, 3.63) is 48.0 Å². The van der Waals surface area contributed by atoms with E-state index in [9.17, 15) is 13.2 Å². The molecule has 32 heavy (non-hydrogen) atoms. The lowest BCUT2D eigenvalue weighted by molar-refractivity contribution is -0.116. The van der Waals surface area contributed by atoms with E-state index in [2.05, 4.69) is 30.1 Å². The number of rotatable bonds is 10. The average molecular weight is 459 g/mol. The molecule has 0 bridgehead atoms. The summed E-state index contributed by atoms with van der Waals surface area (Å²) in [5, 5.41) is 3.24. The predicted molar refractivity (Wildman–Crippen MR) is 131 cm³/mol. The maximum atomic E-state index is 13.1. The Morgan fingerprint density at radius 3 is 2.34 bits per heavy atom. The van der Waals surface area contributed by atoms with Crippen LogP contribution in [0.25, 0.3) is 0 Å². The molecule has 8 heteroatoms. The molecule has 0 aromatic heterocycles. The van der Waals surface area contributed by atoms with E-state index in [1.54, 1.807) is 17.0 Å². The van der Waals surface area contributed by atoms with Crippen molar-refractivity contribution in [1.29, 1.82) is 0 Å². The molecule has 0 atom stereocenters. The number of nitrogens with zero attached hydrogens (tertiary/aromatic N) is 3. The van der Waals surface area contributed by atoms with Crippen LogP contribution in [-0.4, -0.2) is 57.9 Å². The van der Waals surface area contributed by atoms with Crippen LogP contribution in [-0.2, 0) is 21.2 Å². The van der Waals surface area contributed by atoms with Crippen LogP contribution in [0, 0.1) is 0 Å². The highest BCUT2D eigenvalue weighted by Gasteiger charge is 2.26. The van der Waals surface area contributed by atoms with Crippen molar-refractivity contribution in [3.63, 3.8) is 0 Å². The van der Waals surface area contributed by atoms with E-state index in [1.807, 2.05) is 38.1 Å². The fourth-order valence-electron chi connectivity index (χ4n) is 4.23. The van der Waals surface area contributed by atoms with Crippen LogP contribution >= 0.6 is 0 Å². The molecule has 1 heterocycles. The van der Waals surface area contributed by atoms with E-state index in [4.69, 9.17) is 0 Å². The Morgan fingerprint density at radius 1 is 1.00 bits per heavy atom. The Morgan fingerprint density at radius 2 is 1.69 bits per heavy atom. The third kappa shape index (κ3) is 4.76. The van der Waals surface area contributed by atoms with E-state index in [0.717, 1.165) is 30.9 Å². The maximum absolute atomic E-state index is 13.1. The molecular weight excluding hydrogens is 424 g/mol. The highest BCUT2D eigenvalue weighted by molar-refractivity contribution is 7.89. The minimum Gasteiger partial charge on any atom is -0.374 e. The third-order valence-electron chi connectivity index (χ3n) is 6.03. The Bertz CT molecular complexity index is 1050. The molecule has 1 aliphatic rings. The summed E-state index contributed by atoms with van der Waals surface area (Å²) in [7, 11) is -3.59. The highest BCUT2D eigenvalue weighted by atomic mass is 32.2. The lowest BCUT2D eigenvalue weighted by atomic mass is 10.2. The van der Waals surface area contributed by atoms with Crippen LogP contribution < -0.4 is 15.1 Å². The van der Waals surface area contributed by atoms with Gasteiger partial charge < -0.3 is 15.1 Å². The molecule has 0 radical (unpaired) electrons. The molecule has 2 aromatic carbocycles. The van der Waals surface area contributed by atoms with Gasteiger partial charge >= 0.3 is 0 Å². The minimum absolute atomic E-state index is 0.0301. The zero-order valence-corrected chi connectivity index (χ0v) is 20.3. The number of nitrogens with one attached hydrogen (secondary N) is 1. The first kappa shape index (κ1) is 24.1. The van der Waals surface area contributed by atoms with E-state index in [-0.39, 0.29) is 17.3 Å². The van der Waals surface area contributed by atoms with Crippen LogP contribution in [0.2, 0.25) is 0 Å². The van der Waals surface area contributed by atoms with Gasteiger partial charge in [-0.1, -0.05) is 32.0 Å². The second kappa shape index (κ2) is 10.4. The van der Waals surface area contributed by atoms with Gasteiger partial charge in [0.05, 0.1) is 22.8 Å². The number of amides is 1. The van der Waals surface area contributed by atoms with Crippen molar-refractivity contribution in [3.8, 4) is 0 Å². The Labute approximate surface area is 192 Å². The number of para-hydroxylation sites is 1. The first-order valence-corrected chi connectivity index (χ1v) is 12.8. The molecule has 0 aliphatic carbocycles. The number of carbonyl (C=O) groups excluding carboxylic acids is 1. The van der Waals surface area contributed by atoms with Gasteiger partial charge in [-0.15, -0.1) is 0 Å². The summed E-state index contributed by atoms with van der Waals surface area (Å²) in [5.41, 5.74) is 3.68. The first-order valence-electron chi connectivity index (χ1n) is 11.4. The van der Waals surface area contributed by atoms with Crippen molar-refractivity contribution in [2.45, 2.75) is 39.0 Å². The summed E-state index contributed by atoms with van der Waals surface area (Å²) in [6.45, 7) is 10.9. The van der Waals surface area contributed by atoms with Crippen molar-refractivity contribution < 1.29 is 13.2 Å². The number of hydrogen-bond donors (Lipinski definition) is 1. The molecule has 3 rings (SSSR count). The Hall–Kier alpha value is -2.58. The summed E-state index contributed by atoms with van der Waals surface area (Å²) >= 11 is 0. The van der Waals surface area contributed by atoms with Gasteiger partial charge in [0.1, 0.15) is 0 Å². The number of anilines is 3. The van der Waals surface area contributed by atoms with Gasteiger partial charge in [-0.05, 0) is 50.1 Å². The van der Waals surface area contributed by atoms with Gasteiger partial charge in [-0.25, -0.2) is 8.42 Å². The fraction of sp³-hybridized carbons (Fsp3) is 0.458.